The summed E-state index contributed by atoms with van der Waals surface area (Å²) >= 11 is 0. The lowest BCUT2D eigenvalue weighted by molar-refractivity contribution is -0.763. The summed E-state index contributed by atoms with van der Waals surface area (Å²) in [6, 6.07) is 10.7. The van der Waals surface area contributed by atoms with Gasteiger partial charge in [0.05, 0.1) is 12.1 Å². The van der Waals surface area contributed by atoms with Crippen LogP contribution in [0.5, 0.6) is 5.75 Å². The molecule has 2 aromatic carbocycles. The van der Waals surface area contributed by atoms with E-state index in [1.807, 2.05) is 20.8 Å². The van der Waals surface area contributed by atoms with E-state index in [-0.39, 0.29) is 54.7 Å². The second-order valence-electron chi connectivity index (χ2n) is 8.78. The lowest BCUT2D eigenvalue weighted by Crippen LogP contribution is -2.43. The summed E-state index contributed by atoms with van der Waals surface area (Å²) in [5, 5.41) is 22.8. The van der Waals surface area contributed by atoms with Gasteiger partial charge in [-0.05, 0) is 63.1 Å². The van der Waals surface area contributed by atoms with Crippen LogP contribution in [0.4, 0.5) is 5.69 Å². The van der Waals surface area contributed by atoms with Gasteiger partial charge in [0.1, 0.15) is 25.1 Å². The number of Topliss-reactive ketones (excluding diaryl/α,β-unsaturated/α-hetero) is 1. The SMILES string of the molecule is CCCC(=O)Nc1ccc(OCC(O)CN(C(=O)c2ccc(CO[N+](=O)[O-])cc2)C(C)C)c(C(C)=O)c1. The quantitative estimate of drug-likeness (QED) is 0.220. The smallest absolute Gasteiger partial charge is 0.294 e. The minimum absolute atomic E-state index is 0.0246. The largest absolute Gasteiger partial charge is 0.490 e. The lowest BCUT2D eigenvalue weighted by Gasteiger charge is -2.29. The van der Waals surface area contributed by atoms with E-state index in [1.165, 1.54) is 17.9 Å². The first-order valence-electron chi connectivity index (χ1n) is 11.9. The number of aliphatic hydroxyl groups is 1. The highest BCUT2D eigenvalue weighted by Crippen LogP contribution is 2.24. The number of carbonyl (C=O) groups is 3. The molecule has 1 atom stereocenters. The fourth-order valence-electron chi connectivity index (χ4n) is 3.49. The number of rotatable bonds is 14. The summed E-state index contributed by atoms with van der Waals surface area (Å²) in [6.45, 7) is 6.47. The number of amides is 2. The maximum Gasteiger partial charge on any atom is 0.294 e. The van der Waals surface area contributed by atoms with Gasteiger partial charge < -0.3 is 24.9 Å². The molecule has 0 fully saturated rings. The minimum Gasteiger partial charge on any atom is -0.490 e. The van der Waals surface area contributed by atoms with Gasteiger partial charge in [0.15, 0.2) is 5.78 Å². The van der Waals surface area contributed by atoms with Crippen molar-refractivity contribution in [2.45, 2.75) is 59.3 Å². The number of hydrogen-bond donors (Lipinski definition) is 2. The topological polar surface area (TPSA) is 148 Å². The Labute approximate surface area is 215 Å². The van der Waals surface area contributed by atoms with Gasteiger partial charge in [-0.25, -0.2) is 0 Å². The maximum atomic E-state index is 13.0. The Morgan fingerprint density at radius 2 is 1.81 bits per heavy atom. The third-order valence-electron chi connectivity index (χ3n) is 5.38. The van der Waals surface area contributed by atoms with E-state index in [0.29, 0.717) is 29.7 Å². The Morgan fingerprint density at radius 1 is 1.14 bits per heavy atom. The molecule has 2 amide bonds. The number of carbonyl (C=O) groups excluding carboxylic acids is 3. The van der Waals surface area contributed by atoms with Crippen molar-refractivity contribution in [3.63, 3.8) is 0 Å². The summed E-state index contributed by atoms with van der Waals surface area (Å²) in [4.78, 5) is 53.2. The van der Waals surface area contributed by atoms with Gasteiger partial charge in [0.2, 0.25) is 5.91 Å². The molecule has 11 nitrogen and oxygen atoms in total. The Balaban J connectivity index is 2.04. The number of benzene rings is 2. The summed E-state index contributed by atoms with van der Waals surface area (Å²) in [5.41, 5.74) is 1.63. The van der Waals surface area contributed by atoms with Crippen LogP contribution in [0.15, 0.2) is 42.5 Å². The number of nitrogens with zero attached hydrogens (tertiary/aromatic N) is 2. The van der Waals surface area contributed by atoms with Crippen molar-refractivity contribution in [1.82, 2.24) is 4.90 Å². The van der Waals surface area contributed by atoms with E-state index in [1.54, 1.807) is 36.4 Å². The maximum absolute atomic E-state index is 13.0. The minimum atomic E-state index is -1.05. The van der Waals surface area contributed by atoms with Crippen LogP contribution in [0.1, 0.15) is 66.8 Å². The zero-order valence-corrected chi connectivity index (χ0v) is 21.4. The standard InChI is InChI=1S/C26H33N3O8/c1-5-6-25(32)27-21-11-12-24(23(13-21)18(4)30)36-16-22(31)14-28(17(2)3)26(33)20-9-7-19(8-10-20)15-37-29(34)35/h7-13,17,22,31H,5-6,14-16H2,1-4H3,(H,27,32). The molecule has 0 bridgehead atoms. The average Bonchev–Trinajstić information content (AvgIpc) is 2.85. The zero-order chi connectivity index (χ0) is 27.5. The molecule has 0 saturated carbocycles. The predicted molar refractivity (Wildman–Crippen MR) is 136 cm³/mol. The number of nitrogens with one attached hydrogen (secondary N) is 1. The van der Waals surface area contributed by atoms with Crippen molar-refractivity contribution in [2.75, 3.05) is 18.5 Å². The summed E-state index contributed by atoms with van der Waals surface area (Å²) in [7, 11) is 0. The highest BCUT2D eigenvalue weighted by Gasteiger charge is 2.23. The summed E-state index contributed by atoms with van der Waals surface area (Å²) < 4.78 is 5.71. The van der Waals surface area contributed by atoms with Crippen molar-refractivity contribution in [3.05, 3.63) is 69.3 Å². The summed E-state index contributed by atoms with van der Waals surface area (Å²) in [5.74, 6) is -0.483. The van der Waals surface area contributed by atoms with Gasteiger partial charge in [-0.3, -0.25) is 14.4 Å². The van der Waals surface area contributed by atoms with E-state index in [4.69, 9.17) is 4.74 Å². The molecule has 1 unspecified atom stereocenters. The van der Waals surface area contributed by atoms with Crippen LogP contribution in [-0.4, -0.2) is 58.0 Å². The predicted octanol–water partition coefficient (Wildman–Crippen LogP) is 3.63. The van der Waals surface area contributed by atoms with Crippen LogP contribution in [0.25, 0.3) is 0 Å². The van der Waals surface area contributed by atoms with Gasteiger partial charge >= 0.3 is 0 Å². The fraction of sp³-hybridized carbons (Fsp3) is 0.423. The molecule has 0 saturated heterocycles. The molecule has 0 aliphatic heterocycles. The highest BCUT2D eigenvalue weighted by molar-refractivity contribution is 5.99. The van der Waals surface area contributed by atoms with E-state index in [2.05, 4.69) is 10.2 Å². The molecule has 2 rings (SSSR count). The van der Waals surface area contributed by atoms with Crippen molar-refractivity contribution in [3.8, 4) is 5.75 Å². The molecule has 0 radical (unpaired) electrons. The van der Waals surface area contributed by atoms with Gasteiger partial charge in [0, 0.05) is 23.7 Å². The Morgan fingerprint density at radius 3 is 2.38 bits per heavy atom. The molecule has 0 aliphatic carbocycles. The molecular weight excluding hydrogens is 482 g/mol. The Hall–Kier alpha value is -3.99. The molecule has 0 aliphatic rings. The molecule has 2 aromatic rings. The first-order valence-corrected chi connectivity index (χ1v) is 11.9. The lowest BCUT2D eigenvalue weighted by atomic mass is 10.1. The van der Waals surface area contributed by atoms with Crippen molar-refractivity contribution in [1.29, 1.82) is 0 Å². The van der Waals surface area contributed by atoms with Crippen molar-refractivity contribution >= 4 is 23.3 Å². The second kappa shape index (κ2) is 13.9. The van der Waals surface area contributed by atoms with E-state index in [9.17, 15) is 29.6 Å². The normalized spacial score (nSPS) is 11.5. The Kier molecular flexibility index (Phi) is 11.0. The van der Waals surface area contributed by atoms with Crippen LogP contribution in [0.3, 0.4) is 0 Å². The van der Waals surface area contributed by atoms with E-state index >= 15 is 0 Å². The second-order valence-corrected chi connectivity index (χ2v) is 8.78. The van der Waals surface area contributed by atoms with E-state index in [0.717, 1.165) is 0 Å². The first kappa shape index (κ1) is 29.2. The molecule has 0 aromatic heterocycles. The number of hydrogen-bond acceptors (Lipinski definition) is 8. The zero-order valence-electron chi connectivity index (χ0n) is 21.4. The molecule has 2 N–H and O–H groups in total. The molecule has 0 spiro atoms. The number of ketones is 1. The molecule has 37 heavy (non-hydrogen) atoms. The molecule has 0 heterocycles. The molecular formula is C26H33N3O8. The monoisotopic (exact) mass is 515 g/mol. The van der Waals surface area contributed by atoms with Crippen LogP contribution in [-0.2, 0) is 16.2 Å². The van der Waals surface area contributed by atoms with Crippen LogP contribution >= 0.6 is 0 Å². The van der Waals surface area contributed by atoms with Gasteiger partial charge in [-0.1, -0.05) is 19.1 Å². The van der Waals surface area contributed by atoms with Gasteiger partial charge in [0.25, 0.3) is 11.0 Å². The van der Waals surface area contributed by atoms with Gasteiger partial charge in [-0.15, -0.1) is 10.1 Å². The van der Waals surface area contributed by atoms with Gasteiger partial charge in [-0.2, -0.15) is 0 Å². The summed E-state index contributed by atoms with van der Waals surface area (Å²) in [6.07, 6.45) is 0.0122. The fourth-order valence-corrected chi connectivity index (χ4v) is 3.49. The third-order valence-corrected chi connectivity index (χ3v) is 5.38. The third kappa shape index (κ3) is 9.19. The van der Waals surface area contributed by atoms with Crippen molar-refractivity contribution < 1.29 is 34.2 Å². The highest BCUT2D eigenvalue weighted by atomic mass is 16.9. The average molecular weight is 516 g/mol. The number of anilines is 1. The number of aliphatic hydroxyl groups excluding tert-OH is 1. The van der Waals surface area contributed by atoms with Crippen LogP contribution < -0.4 is 10.1 Å². The van der Waals surface area contributed by atoms with Crippen LogP contribution in [0, 0.1) is 10.1 Å². The molecule has 11 heteroatoms. The van der Waals surface area contributed by atoms with E-state index < -0.39 is 11.2 Å². The first-order chi connectivity index (χ1) is 17.5. The van der Waals surface area contributed by atoms with Crippen molar-refractivity contribution in [2.24, 2.45) is 0 Å². The number of ether oxygens (including phenoxy) is 1. The Bertz CT molecular complexity index is 1100. The van der Waals surface area contributed by atoms with Crippen LogP contribution in [0.2, 0.25) is 0 Å². The molecule has 200 valence electrons.